The van der Waals surface area contributed by atoms with Crippen molar-refractivity contribution < 1.29 is 9.66 Å². The van der Waals surface area contributed by atoms with Crippen LogP contribution in [0.4, 0.5) is 11.6 Å². The Morgan fingerprint density at radius 2 is 2.12 bits per heavy atom. The van der Waals surface area contributed by atoms with Gasteiger partial charge in [0.1, 0.15) is 5.75 Å². The number of benzene rings is 1. The number of aromatic nitrogens is 2. The van der Waals surface area contributed by atoms with Gasteiger partial charge in [-0.15, -0.1) is 0 Å². The summed E-state index contributed by atoms with van der Waals surface area (Å²) in [6.07, 6.45) is 1.63. The first kappa shape index (κ1) is 15.8. The minimum Gasteiger partial charge on any atom is -0.496 e. The Bertz CT molecular complexity index is 904. The molecule has 0 aliphatic rings. The number of aryl methyl sites for hydroxylation is 1. The Morgan fingerprint density at radius 1 is 1.33 bits per heavy atom. The fourth-order valence-electron chi connectivity index (χ4n) is 2.73. The van der Waals surface area contributed by atoms with Gasteiger partial charge in [-0.3, -0.25) is 0 Å². The summed E-state index contributed by atoms with van der Waals surface area (Å²) in [5, 5.41) is 14.6. The highest BCUT2D eigenvalue weighted by Crippen LogP contribution is 2.32. The van der Waals surface area contributed by atoms with Crippen LogP contribution in [0.5, 0.6) is 5.75 Å². The second-order valence-electron chi connectivity index (χ2n) is 5.58. The van der Waals surface area contributed by atoms with Crippen LogP contribution in [0.15, 0.2) is 42.6 Å². The molecular weight excluding hydrogens is 308 g/mol. The first-order valence-corrected chi connectivity index (χ1v) is 7.54. The SMILES string of the molecule is COc1ccc(C)cc1C(C)Nc1nc2ccccn2c1[N+](=O)[O-]. The molecule has 1 unspecified atom stereocenters. The second-order valence-corrected chi connectivity index (χ2v) is 5.58. The number of hydrogen-bond acceptors (Lipinski definition) is 5. The normalized spacial score (nSPS) is 12.1. The third-order valence-electron chi connectivity index (χ3n) is 3.88. The maximum absolute atomic E-state index is 11.5. The molecule has 0 aliphatic carbocycles. The first-order chi connectivity index (χ1) is 11.5. The fraction of sp³-hybridized carbons (Fsp3) is 0.235. The van der Waals surface area contributed by atoms with Crippen molar-refractivity contribution in [3.05, 3.63) is 63.8 Å². The van der Waals surface area contributed by atoms with E-state index in [4.69, 9.17) is 4.74 Å². The summed E-state index contributed by atoms with van der Waals surface area (Å²) in [4.78, 5) is 15.4. The van der Waals surface area contributed by atoms with Gasteiger partial charge in [-0.2, -0.15) is 9.38 Å². The van der Waals surface area contributed by atoms with Crippen LogP contribution < -0.4 is 10.1 Å². The number of nitrogens with one attached hydrogen (secondary N) is 1. The molecule has 0 fully saturated rings. The topological polar surface area (TPSA) is 81.7 Å². The summed E-state index contributed by atoms with van der Waals surface area (Å²) in [5.41, 5.74) is 2.53. The molecule has 0 bridgehead atoms. The zero-order chi connectivity index (χ0) is 17.3. The first-order valence-electron chi connectivity index (χ1n) is 7.54. The quantitative estimate of drug-likeness (QED) is 0.570. The summed E-state index contributed by atoms with van der Waals surface area (Å²) >= 11 is 0. The van der Waals surface area contributed by atoms with Crippen LogP contribution in [0.1, 0.15) is 24.1 Å². The summed E-state index contributed by atoms with van der Waals surface area (Å²) in [5.74, 6) is 0.887. The number of ether oxygens (including phenoxy) is 1. The molecule has 0 saturated heterocycles. The Hall–Kier alpha value is -3.09. The van der Waals surface area contributed by atoms with Crippen molar-refractivity contribution >= 4 is 17.3 Å². The van der Waals surface area contributed by atoms with Crippen LogP contribution >= 0.6 is 0 Å². The number of pyridine rings is 1. The van der Waals surface area contributed by atoms with E-state index in [-0.39, 0.29) is 17.7 Å². The van der Waals surface area contributed by atoms with Crippen molar-refractivity contribution in [2.45, 2.75) is 19.9 Å². The minimum atomic E-state index is -0.428. The molecule has 0 radical (unpaired) electrons. The number of nitrogens with zero attached hydrogens (tertiary/aromatic N) is 3. The molecule has 3 rings (SSSR count). The van der Waals surface area contributed by atoms with Gasteiger partial charge in [-0.1, -0.05) is 23.8 Å². The molecule has 1 atom stereocenters. The molecule has 24 heavy (non-hydrogen) atoms. The van der Waals surface area contributed by atoms with Gasteiger partial charge in [-0.05, 0) is 30.9 Å². The predicted octanol–water partition coefficient (Wildman–Crippen LogP) is 3.73. The molecule has 0 saturated carbocycles. The standard InChI is InChI=1S/C17H18N4O3/c1-11-7-8-14(24-3)13(10-11)12(2)18-16-17(21(22)23)20-9-5-4-6-15(20)19-16/h4-10,12,18H,1-3H3. The van der Waals surface area contributed by atoms with E-state index in [1.54, 1.807) is 31.5 Å². The molecule has 124 valence electrons. The largest absolute Gasteiger partial charge is 0.496 e. The minimum absolute atomic E-state index is 0.0796. The Kier molecular flexibility index (Phi) is 4.07. The highest BCUT2D eigenvalue weighted by molar-refractivity contribution is 5.63. The van der Waals surface area contributed by atoms with E-state index in [1.807, 2.05) is 32.0 Å². The van der Waals surface area contributed by atoms with E-state index in [1.165, 1.54) is 4.40 Å². The average Bonchev–Trinajstić information content (AvgIpc) is 2.92. The molecule has 0 spiro atoms. The predicted molar refractivity (Wildman–Crippen MR) is 91.6 cm³/mol. The Labute approximate surface area is 139 Å². The van der Waals surface area contributed by atoms with Crippen molar-refractivity contribution in [1.82, 2.24) is 9.38 Å². The lowest BCUT2D eigenvalue weighted by atomic mass is 10.0. The number of hydrogen-bond donors (Lipinski definition) is 1. The van der Waals surface area contributed by atoms with Gasteiger partial charge in [0, 0.05) is 11.6 Å². The monoisotopic (exact) mass is 326 g/mol. The van der Waals surface area contributed by atoms with Crippen LogP contribution in [-0.2, 0) is 0 Å². The third-order valence-corrected chi connectivity index (χ3v) is 3.88. The lowest BCUT2D eigenvalue weighted by molar-refractivity contribution is -0.389. The van der Waals surface area contributed by atoms with Crippen molar-refractivity contribution in [2.24, 2.45) is 0 Å². The highest BCUT2D eigenvalue weighted by atomic mass is 16.6. The molecule has 2 heterocycles. The number of anilines is 1. The van der Waals surface area contributed by atoms with E-state index >= 15 is 0 Å². The average molecular weight is 326 g/mol. The lowest BCUT2D eigenvalue weighted by Gasteiger charge is -2.17. The number of imidazole rings is 1. The number of methoxy groups -OCH3 is 1. The summed E-state index contributed by atoms with van der Waals surface area (Å²) in [7, 11) is 1.61. The molecule has 0 amide bonds. The van der Waals surface area contributed by atoms with Crippen molar-refractivity contribution in [1.29, 1.82) is 0 Å². The molecule has 0 aliphatic heterocycles. The van der Waals surface area contributed by atoms with Crippen molar-refractivity contribution in [3.8, 4) is 5.75 Å². The molecular formula is C17H18N4O3. The zero-order valence-corrected chi connectivity index (χ0v) is 13.7. The summed E-state index contributed by atoms with van der Waals surface area (Å²) in [6.45, 7) is 3.91. The van der Waals surface area contributed by atoms with E-state index in [2.05, 4.69) is 10.3 Å². The third kappa shape index (κ3) is 2.76. The Balaban J connectivity index is 2.02. The van der Waals surface area contributed by atoms with Crippen LogP contribution in [-0.4, -0.2) is 21.4 Å². The maximum atomic E-state index is 11.5. The van der Waals surface area contributed by atoms with Crippen LogP contribution in [0.3, 0.4) is 0 Å². The van der Waals surface area contributed by atoms with E-state index in [0.29, 0.717) is 5.65 Å². The van der Waals surface area contributed by atoms with Crippen LogP contribution in [0, 0.1) is 17.0 Å². The highest BCUT2D eigenvalue weighted by Gasteiger charge is 2.24. The van der Waals surface area contributed by atoms with Gasteiger partial charge in [0.15, 0.2) is 0 Å². The van der Waals surface area contributed by atoms with Crippen molar-refractivity contribution in [2.75, 3.05) is 12.4 Å². The van der Waals surface area contributed by atoms with Gasteiger partial charge in [0.2, 0.25) is 11.5 Å². The van der Waals surface area contributed by atoms with E-state index in [9.17, 15) is 10.1 Å². The molecule has 7 nitrogen and oxygen atoms in total. The van der Waals surface area contributed by atoms with Gasteiger partial charge >= 0.3 is 5.82 Å². The number of nitro groups is 1. The molecule has 1 N–H and O–H groups in total. The van der Waals surface area contributed by atoms with Gasteiger partial charge < -0.3 is 20.2 Å². The Morgan fingerprint density at radius 3 is 2.83 bits per heavy atom. The van der Waals surface area contributed by atoms with Gasteiger partial charge in [0.25, 0.3) is 0 Å². The summed E-state index contributed by atoms with van der Waals surface area (Å²) < 4.78 is 6.86. The van der Waals surface area contributed by atoms with Crippen molar-refractivity contribution in [3.63, 3.8) is 0 Å². The number of rotatable bonds is 5. The van der Waals surface area contributed by atoms with E-state index < -0.39 is 4.92 Å². The molecule has 2 aromatic heterocycles. The second kappa shape index (κ2) is 6.19. The lowest BCUT2D eigenvalue weighted by Crippen LogP contribution is -2.10. The fourth-order valence-corrected chi connectivity index (χ4v) is 2.73. The van der Waals surface area contributed by atoms with E-state index in [0.717, 1.165) is 16.9 Å². The maximum Gasteiger partial charge on any atom is 0.372 e. The van der Waals surface area contributed by atoms with Crippen LogP contribution in [0.25, 0.3) is 5.65 Å². The number of fused-ring (bicyclic) bond motifs is 1. The molecule has 3 aromatic rings. The summed E-state index contributed by atoms with van der Waals surface area (Å²) in [6, 6.07) is 10.9. The molecule has 7 heteroatoms. The zero-order valence-electron chi connectivity index (χ0n) is 13.7. The van der Waals surface area contributed by atoms with Gasteiger partial charge in [0.05, 0.1) is 19.3 Å². The molecule has 1 aromatic carbocycles. The van der Waals surface area contributed by atoms with Crippen LogP contribution in [0.2, 0.25) is 0 Å². The smallest absolute Gasteiger partial charge is 0.372 e. The van der Waals surface area contributed by atoms with Gasteiger partial charge in [-0.25, -0.2) is 0 Å².